The predicted octanol–water partition coefficient (Wildman–Crippen LogP) is 6.90. The van der Waals surface area contributed by atoms with E-state index in [0.717, 1.165) is 53.8 Å². The Morgan fingerprint density at radius 1 is 1.30 bits per heavy atom. The van der Waals surface area contributed by atoms with Gasteiger partial charge in [-0.1, -0.05) is 13.3 Å². The van der Waals surface area contributed by atoms with Gasteiger partial charge in [0, 0.05) is 0 Å². The van der Waals surface area contributed by atoms with Gasteiger partial charge in [0.25, 0.3) is 0 Å². The standard InChI is InChI=1S/C29H45BBrN3O2S/c1-8-9-10-20-15-32-12-11-21(20)23(19(4)31)16-33-28(35)34-27-24(26(30)36-29(5,6)7)22-14-17(2)13-18(3)25(22)37-27/h17-18,30,32H,8-16H2,1-7H3,(H2,33,34,35)/b23-19+. The summed E-state index contributed by atoms with van der Waals surface area (Å²) in [5, 5.41) is 10.7. The molecule has 37 heavy (non-hydrogen) atoms. The molecule has 204 valence electrons. The zero-order chi connectivity index (χ0) is 27.3. The first-order chi connectivity index (χ1) is 17.4. The van der Waals surface area contributed by atoms with Crippen molar-refractivity contribution in [3.8, 4) is 0 Å². The second-order valence-corrected chi connectivity index (χ2v) is 13.9. The number of rotatable bonds is 9. The van der Waals surface area contributed by atoms with Crippen molar-refractivity contribution >= 4 is 51.4 Å². The maximum absolute atomic E-state index is 13.2. The van der Waals surface area contributed by atoms with Crippen molar-refractivity contribution < 1.29 is 9.53 Å². The Labute approximate surface area is 237 Å². The Bertz CT molecular complexity index is 1070. The molecular weight excluding hydrogens is 545 g/mol. The first-order valence-corrected chi connectivity index (χ1v) is 15.4. The van der Waals surface area contributed by atoms with Gasteiger partial charge in [-0.2, -0.15) is 0 Å². The predicted molar refractivity (Wildman–Crippen MR) is 165 cm³/mol. The van der Waals surface area contributed by atoms with Crippen LogP contribution in [0.15, 0.2) is 21.2 Å². The number of halogens is 1. The van der Waals surface area contributed by atoms with Crippen LogP contribution in [0.1, 0.15) is 102 Å². The number of nitrogens with one attached hydrogen (secondary N) is 3. The zero-order valence-corrected chi connectivity index (χ0v) is 26.2. The molecular formula is C29H45BBrN3O2S. The van der Waals surface area contributed by atoms with Crippen LogP contribution in [-0.4, -0.2) is 44.4 Å². The second-order valence-electron chi connectivity index (χ2n) is 11.7. The van der Waals surface area contributed by atoms with Crippen LogP contribution in [0.4, 0.5) is 9.80 Å². The number of amides is 2. The molecule has 2 amide bonds. The van der Waals surface area contributed by atoms with E-state index in [4.69, 9.17) is 4.74 Å². The van der Waals surface area contributed by atoms with Crippen molar-refractivity contribution in [3.05, 3.63) is 37.2 Å². The summed E-state index contributed by atoms with van der Waals surface area (Å²) in [4.78, 5) is 14.6. The number of hydrogen-bond acceptors (Lipinski definition) is 4. The van der Waals surface area contributed by atoms with Gasteiger partial charge in [-0.25, -0.2) is 0 Å². The molecule has 1 aliphatic carbocycles. The van der Waals surface area contributed by atoms with Gasteiger partial charge in [0.2, 0.25) is 0 Å². The van der Waals surface area contributed by atoms with Crippen molar-refractivity contribution in [2.75, 3.05) is 25.0 Å². The number of ether oxygens (including phenoxy) is 1. The van der Waals surface area contributed by atoms with Crippen molar-refractivity contribution in [1.82, 2.24) is 10.6 Å². The van der Waals surface area contributed by atoms with E-state index in [1.165, 1.54) is 40.0 Å². The molecule has 2 atom stereocenters. The van der Waals surface area contributed by atoms with E-state index in [1.54, 1.807) is 11.3 Å². The zero-order valence-electron chi connectivity index (χ0n) is 23.8. The van der Waals surface area contributed by atoms with Gasteiger partial charge >= 0.3 is 225 Å². The Kier molecular flexibility index (Phi) is 10.7. The molecule has 0 radical (unpaired) electrons. The van der Waals surface area contributed by atoms with Crippen LogP contribution in [0.2, 0.25) is 0 Å². The number of fused-ring (bicyclic) bond motifs is 1. The second kappa shape index (κ2) is 13.1. The number of thiophene rings is 1. The fraction of sp³-hybridized carbons (Fsp3) is 0.655. The summed E-state index contributed by atoms with van der Waals surface area (Å²) in [6, 6.07) is -0.194. The van der Waals surface area contributed by atoms with E-state index in [2.05, 4.69) is 67.1 Å². The molecule has 0 spiro atoms. The summed E-state index contributed by atoms with van der Waals surface area (Å²) in [7, 11) is 4.29. The average Bonchev–Trinajstić information content (AvgIpc) is 3.15. The molecule has 0 fully saturated rings. The van der Waals surface area contributed by atoms with E-state index in [1.807, 2.05) is 20.8 Å². The van der Waals surface area contributed by atoms with Crippen molar-refractivity contribution in [2.45, 2.75) is 98.5 Å². The van der Waals surface area contributed by atoms with Gasteiger partial charge in [-0.05, 0) is 0 Å². The monoisotopic (exact) mass is 589 g/mol. The van der Waals surface area contributed by atoms with E-state index < -0.39 is 0 Å². The fourth-order valence-electron chi connectivity index (χ4n) is 5.51. The van der Waals surface area contributed by atoms with Crippen LogP contribution >= 0.6 is 27.3 Å². The van der Waals surface area contributed by atoms with Gasteiger partial charge in [0.1, 0.15) is 0 Å². The molecule has 0 saturated carbocycles. The molecule has 1 aliphatic heterocycles. The quantitative estimate of drug-likeness (QED) is 0.275. The van der Waals surface area contributed by atoms with Gasteiger partial charge in [0.15, 0.2) is 0 Å². The fourth-order valence-corrected chi connectivity index (χ4v) is 7.20. The Hall–Kier alpha value is -1.38. The molecule has 0 saturated heterocycles. The molecule has 5 nitrogen and oxygen atoms in total. The van der Waals surface area contributed by atoms with Crippen LogP contribution in [0.3, 0.4) is 0 Å². The summed E-state index contributed by atoms with van der Waals surface area (Å²) >= 11 is 5.41. The number of urea groups is 1. The molecule has 3 rings (SSSR count). The number of anilines is 1. The van der Waals surface area contributed by atoms with Crippen molar-refractivity contribution in [2.24, 2.45) is 5.92 Å². The molecule has 0 aromatic carbocycles. The molecule has 2 unspecified atom stereocenters. The summed E-state index contributed by atoms with van der Waals surface area (Å²) in [6.45, 7) is 17.4. The molecule has 2 heterocycles. The third-order valence-electron chi connectivity index (χ3n) is 7.08. The molecule has 3 N–H and O–H groups in total. The third kappa shape index (κ3) is 8.06. The topological polar surface area (TPSA) is 62.4 Å². The molecule has 8 heteroatoms. The van der Waals surface area contributed by atoms with Crippen molar-refractivity contribution in [1.29, 1.82) is 0 Å². The number of allylic oxidation sites excluding steroid dienone is 1. The van der Waals surface area contributed by atoms with Crippen LogP contribution in [0, 0.1) is 5.92 Å². The van der Waals surface area contributed by atoms with Crippen molar-refractivity contribution in [3.63, 3.8) is 0 Å². The average molecular weight is 590 g/mol. The third-order valence-corrected chi connectivity index (χ3v) is 8.94. The summed E-state index contributed by atoms with van der Waals surface area (Å²) in [5.41, 5.74) is 6.59. The van der Waals surface area contributed by atoms with Gasteiger partial charge in [-0.15, -0.1) is 0 Å². The van der Waals surface area contributed by atoms with E-state index in [0.29, 0.717) is 24.0 Å². The number of carbonyl (C=O) groups is 1. The molecule has 1 aromatic rings. The Morgan fingerprint density at radius 2 is 2.03 bits per heavy atom. The Morgan fingerprint density at radius 3 is 2.68 bits per heavy atom. The summed E-state index contributed by atoms with van der Waals surface area (Å²) < 4.78 is 7.29. The van der Waals surface area contributed by atoms with Gasteiger partial charge in [0.05, 0.1) is 0 Å². The summed E-state index contributed by atoms with van der Waals surface area (Å²) in [5.74, 6) is 1.05. The molecule has 1 aromatic heterocycles. The first-order valence-electron chi connectivity index (χ1n) is 13.8. The number of hydrogen-bond donors (Lipinski definition) is 3. The molecule has 0 bridgehead atoms. The normalized spacial score (nSPS) is 20.7. The van der Waals surface area contributed by atoms with Crippen LogP contribution in [-0.2, 0) is 11.2 Å². The van der Waals surface area contributed by atoms with Gasteiger partial charge in [-0.3, -0.25) is 0 Å². The Balaban J connectivity index is 1.82. The van der Waals surface area contributed by atoms with E-state index in [9.17, 15) is 4.79 Å². The van der Waals surface area contributed by atoms with E-state index >= 15 is 0 Å². The maximum atomic E-state index is 13.2. The number of carbonyl (C=O) groups excluding carboxylic acids is 1. The SMILES string of the molecule is B=C(OC(C)(C)C)c1c(NC(=O)NC/C(C2=C(CCCC)CNCC2)=C(/C)Br)sc2c1CC(C)CC2C. The number of unbranched alkanes of at least 4 members (excludes halogenated alkanes) is 1. The first kappa shape index (κ1) is 30.2. The van der Waals surface area contributed by atoms with Crippen LogP contribution < -0.4 is 16.0 Å². The molecule has 2 aliphatic rings. The van der Waals surface area contributed by atoms with Crippen LogP contribution in [0.25, 0.3) is 0 Å². The van der Waals surface area contributed by atoms with E-state index in [-0.39, 0.29) is 11.6 Å². The minimum atomic E-state index is -0.359. The minimum absolute atomic E-state index is 0.194. The van der Waals surface area contributed by atoms with Gasteiger partial charge < -0.3 is 0 Å². The van der Waals surface area contributed by atoms with Crippen LogP contribution in [0.5, 0.6) is 0 Å². The summed E-state index contributed by atoms with van der Waals surface area (Å²) in [6.07, 6.45) is 6.60.